The molecule has 0 aliphatic carbocycles. The number of carbonyl (C=O) groups excluding carboxylic acids is 1. The predicted molar refractivity (Wildman–Crippen MR) is 118 cm³/mol. The maximum atomic E-state index is 13.3. The summed E-state index contributed by atoms with van der Waals surface area (Å²) in [5, 5.41) is 11.7. The zero-order valence-corrected chi connectivity index (χ0v) is 18.7. The molecule has 1 amide bonds. The fourth-order valence-electron chi connectivity index (χ4n) is 2.69. The maximum Gasteiger partial charge on any atom is 0.234 e. The summed E-state index contributed by atoms with van der Waals surface area (Å²) in [5.74, 6) is 1.30. The Kier molecular flexibility index (Phi) is 8.13. The van der Waals surface area contributed by atoms with Crippen LogP contribution in [0.1, 0.15) is 19.7 Å². The number of benzene rings is 2. The third kappa shape index (κ3) is 6.35. The molecule has 3 rings (SSSR count). The van der Waals surface area contributed by atoms with Crippen molar-refractivity contribution in [3.63, 3.8) is 0 Å². The Labute approximate surface area is 188 Å². The van der Waals surface area contributed by atoms with E-state index >= 15 is 0 Å². The van der Waals surface area contributed by atoms with Gasteiger partial charge in [0.1, 0.15) is 23.9 Å². The molecule has 0 spiro atoms. The molecule has 0 bridgehead atoms. The first-order valence-corrected chi connectivity index (χ1v) is 11.0. The van der Waals surface area contributed by atoms with E-state index in [1.807, 2.05) is 18.4 Å². The lowest BCUT2D eigenvalue weighted by Gasteiger charge is -2.10. The van der Waals surface area contributed by atoms with Crippen LogP contribution < -0.4 is 14.8 Å². The molecule has 0 radical (unpaired) electrons. The van der Waals surface area contributed by atoms with E-state index in [1.165, 1.54) is 30.0 Å². The molecule has 1 heterocycles. The van der Waals surface area contributed by atoms with E-state index in [4.69, 9.17) is 21.1 Å². The van der Waals surface area contributed by atoms with E-state index in [9.17, 15) is 9.18 Å². The summed E-state index contributed by atoms with van der Waals surface area (Å²) < 4.78 is 26.2. The van der Waals surface area contributed by atoms with E-state index in [0.717, 1.165) is 5.75 Å². The number of halogens is 2. The maximum absolute atomic E-state index is 13.3. The second kappa shape index (κ2) is 11.0. The van der Waals surface area contributed by atoms with Gasteiger partial charge in [-0.15, -0.1) is 10.2 Å². The van der Waals surface area contributed by atoms with Crippen LogP contribution in [0.4, 0.5) is 10.1 Å². The number of thioether (sulfide) groups is 1. The number of hydrogen-bond acceptors (Lipinski definition) is 6. The molecule has 10 heteroatoms. The van der Waals surface area contributed by atoms with Crippen LogP contribution in [0, 0.1) is 5.82 Å². The molecule has 0 unspecified atom stereocenters. The molecule has 0 fully saturated rings. The lowest BCUT2D eigenvalue weighted by molar-refractivity contribution is -0.113. The van der Waals surface area contributed by atoms with Gasteiger partial charge in [-0.2, -0.15) is 0 Å². The first-order chi connectivity index (χ1) is 15.0. The van der Waals surface area contributed by atoms with Gasteiger partial charge in [0, 0.05) is 18.3 Å². The number of nitrogens with zero attached hydrogens (tertiary/aromatic N) is 3. The van der Waals surface area contributed by atoms with E-state index in [0.29, 0.717) is 35.6 Å². The van der Waals surface area contributed by atoms with Crippen LogP contribution >= 0.6 is 23.4 Å². The largest absolute Gasteiger partial charge is 0.494 e. The predicted octanol–water partition coefficient (Wildman–Crippen LogP) is 4.80. The molecular weight excluding hydrogens is 443 g/mol. The number of amides is 1. The molecule has 0 saturated carbocycles. The van der Waals surface area contributed by atoms with Gasteiger partial charge in [0.25, 0.3) is 0 Å². The number of hydrogen-bond donors (Lipinski definition) is 1. The van der Waals surface area contributed by atoms with Gasteiger partial charge in [0.05, 0.1) is 17.4 Å². The lowest BCUT2D eigenvalue weighted by atomic mass is 10.3. The molecule has 0 aliphatic rings. The van der Waals surface area contributed by atoms with Crippen molar-refractivity contribution in [3.05, 3.63) is 59.1 Å². The standard InChI is InChI=1S/C21H22ClFN4O3S/c1-3-27-19(12-30-16-9-10-18(23)17(22)11-16)25-26-21(27)31-13-20(28)24-14-5-7-15(8-6-14)29-4-2/h5-11H,3-4,12-13H2,1-2H3,(H,24,28). The second-order valence-electron chi connectivity index (χ2n) is 6.30. The Bertz CT molecular complexity index is 1030. The van der Waals surface area contributed by atoms with E-state index in [-0.39, 0.29) is 23.3 Å². The number of carbonyl (C=O) groups is 1. The van der Waals surface area contributed by atoms with Crippen molar-refractivity contribution < 1.29 is 18.7 Å². The summed E-state index contributed by atoms with van der Waals surface area (Å²) >= 11 is 7.06. The monoisotopic (exact) mass is 464 g/mol. The number of ether oxygens (including phenoxy) is 2. The Hall–Kier alpha value is -2.78. The van der Waals surface area contributed by atoms with Crippen LogP contribution in [0.25, 0.3) is 0 Å². The third-order valence-corrected chi connectivity index (χ3v) is 5.41. The minimum Gasteiger partial charge on any atom is -0.494 e. The third-order valence-electron chi connectivity index (χ3n) is 4.15. The highest BCUT2D eigenvalue weighted by Gasteiger charge is 2.14. The van der Waals surface area contributed by atoms with Gasteiger partial charge < -0.3 is 19.4 Å². The van der Waals surface area contributed by atoms with Crippen molar-refractivity contribution in [1.29, 1.82) is 0 Å². The summed E-state index contributed by atoms with van der Waals surface area (Å²) in [6, 6.07) is 11.3. The molecular formula is C21H22ClFN4O3S. The first-order valence-electron chi connectivity index (χ1n) is 9.65. The fraction of sp³-hybridized carbons (Fsp3) is 0.286. The van der Waals surface area contributed by atoms with Crippen LogP contribution in [0.3, 0.4) is 0 Å². The quantitative estimate of drug-likeness (QED) is 0.434. The Morgan fingerprint density at radius 2 is 1.87 bits per heavy atom. The number of aromatic nitrogens is 3. The molecule has 0 atom stereocenters. The number of anilines is 1. The molecule has 164 valence electrons. The van der Waals surface area contributed by atoms with E-state index in [2.05, 4.69) is 15.5 Å². The molecule has 0 aliphatic heterocycles. The van der Waals surface area contributed by atoms with Crippen LogP contribution in [0.5, 0.6) is 11.5 Å². The molecule has 31 heavy (non-hydrogen) atoms. The highest BCUT2D eigenvalue weighted by atomic mass is 35.5. The summed E-state index contributed by atoms with van der Waals surface area (Å²) in [4.78, 5) is 12.3. The van der Waals surface area contributed by atoms with Crippen molar-refractivity contribution in [1.82, 2.24) is 14.8 Å². The van der Waals surface area contributed by atoms with Gasteiger partial charge in [-0.1, -0.05) is 23.4 Å². The van der Waals surface area contributed by atoms with Gasteiger partial charge in [-0.3, -0.25) is 4.79 Å². The average molecular weight is 465 g/mol. The lowest BCUT2D eigenvalue weighted by Crippen LogP contribution is -2.15. The summed E-state index contributed by atoms with van der Waals surface area (Å²) in [6.45, 7) is 5.20. The summed E-state index contributed by atoms with van der Waals surface area (Å²) in [7, 11) is 0. The zero-order valence-electron chi connectivity index (χ0n) is 17.1. The van der Waals surface area contributed by atoms with Crippen LogP contribution in [-0.2, 0) is 17.9 Å². The SMILES string of the molecule is CCOc1ccc(NC(=O)CSc2nnc(COc3ccc(F)c(Cl)c3)n2CC)cc1. The van der Waals surface area contributed by atoms with Crippen molar-refractivity contribution in [2.45, 2.75) is 32.2 Å². The van der Waals surface area contributed by atoms with Gasteiger partial charge in [0.15, 0.2) is 11.0 Å². The van der Waals surface area contributed by atoms with Crippen molar-refractivity contribution in [2.75, 3.05) is 17.7 Å². The highest BCUT2D eigenvalue weighted by Crippen LogP contribution is 2.23. The minimum atomic E-state index is -0.507. The summed E-state index contributed by atoms with van der Waals surface area (Å²) in [6.07, 6.45) is 0. The molecule has 1 N–H and O–H groups in total. The van der Waals surface area contributed by atoms with E-state index in [1.54, 1.807) is 24.3 Å². The fourth-order valence-corrected chi connectivity index (χ4v) is 3.68. The molecule has 2 aromatic carbocycles. The van der Waals surface area contributed by atoms with Gasteiger partial charge in [-0.05, 0) is 50.2 Å². The van der Waals surface area contributed by atoms with Gasteiger partial charge in [-0.25, -0.2) is 4.39 Å². The normalized spacial score (nSPS) is 10.7. The Balaban J connectivity index is 1.54. The zero-order chi connectivity index (χ0) is 22.2. The van der Waals surface area contributed by atoms with Gasteiger partial charge in [0.2, 0.25) is 5.91 Å². The molecule has 3 aromatic rings. The smallest absolute Gasteiger partial charge is 0.234 e. The van der Waals surface area contributed by atoms with Crippen molar-refractivity contribution >= 4 is 35.0 Å². The molecule has 1 aromatic heterocycles. The van der Waals surface area contributed by atoms with E-state index < -0.39 is 5.82 Å². The van der Waals surface area contributed by atoms with Gasteiger partial charge >= 0.3 is 0 Å². The van der Waals surface area contributed by atoms with Crippen molar-refractivity contribution in [2.24, 2.45) is 0 Å². The number of nitrogens with one attached hydrogen (secondary N) is 1. The first kappa shape index (κ1) is 22.9. The minimum absolute atomic E-state index is 0.00996. The Morgan fingerprint density at radius 1 is 1.13 bits per heavy atom. The molecule has 7 nitrogen and oxygen atoms in total. The van der Waals surface area contributed by atoms with Crippen LogP contribution in [0.15, 0.2) is 47.6 Å². The average Bonchev–Trinajstić information content (AvgIpc) is 3.16. The summed E-state index contributed by atoms with van der Waals surface area (Å²) in [5.41, 5.74) is 0.693. The number of rotatable bonds is 10. The Morgan fingerprint density at radius 3 is 2.55 bits per heavy atom. The van der Waals surface area contributed by atoms with Crippen LogP contribution in [0.2, 0.25) is 5.02 Å². The van der Waals surface area contributed by atoms with Crippen LogP contribution in [-0.4, -0.2) is 33.0 Å². The topological polar surface area (TPSA) is 78.3 Å². The second-order valence-corrected chi connectivity index (χ2v) is 7.65. The highest BCUT2D eigenvalue weighted by molar-refractivity contribution is 7.99. The van der Waals surface area contributed by atoms with Crippen molar-refractivity contribution in [3.8, 4) is 11.5 Å². The molecule has 0 saturated heterocycles.